The molecule has 0 bridgehead atoms. The van der Waals surface area contributed by atoms with Crippen LogP contribution in [0.25, 0.3) is 0 Å². The molecule has 2 aromatic rings. The third-order valence-electron chi connectivity index (χ3n) is 3.18. The number of rotatable bonds is 5. The van der Waals surface area contributed by atoms with Gasteiger partial charge < -0.3 is 14.6 Å². The lowest BCUT2D eigenvalue weighted by molar-refractivity contribution is 0.425. The van der Waals surface area contributed by atoms with Gasteiger partial charge in [-0.1, -0.05) is 0 Å². The molecule has 0 fully saturated rings. The van der Waals surface area contributed by atoms with E-state index in [0.29, 0.717) is 0 Å². The van der Waals surface area contributed by atoms with Crippen molar-refractivity contribution in [3.05, 3.63) is 34.2 Å². The predicted octanol–water partition coefficient (Wildman–Crippen LogP) is 3.88. The summed E-state index contributed by atoms with van der Waals surface area (Å²) in [4.78, 5) is 8.11. The molecule has 1 N–H and O–H groups in total. The second-order valence-corrected chi connectivity index (χ2v) is 7.54. The monoisotopic (exact) mass is 307 g/mol. The lowest BCUT2D eigenvalue weighted by Gasteiger charge is -2.20. The van der Waals surface area contributed by atoms with Crippen molar-refractivity contribution < 1.29 is 4.42 Å². The van der Waals surface area contributed by atoms with E-state index in [2.05, 4.69) is 49.9 Å². The van der Waals surface area contributed by atoms with Crippen molar-refractivity contribution in [2.45, 2.75) is 53.2 Å². The van der Waals surface area contributed by atoms with Crippen LogP contribution < -0.4 is 10.2 Å². The first-order chi connectivity index (χ1) is 9.74. The Morgan fingerprint density at radius 2 is 2.00 bits per heavy atom. The van der Waals surface area contributed by atoms with Crippen molar-refractivity contribution in [1.29, 1.82) is 0 Å². The predicted molar refractivity (Wildman–Crippen MR) is 89.0 cm³/mol. The van der Waals surface area contributed by atoms with Gasteiger partial charge in [0.15, 0.2) is 5.13 Å². The molecular weight excluding hydrogens is 282 g/mol. The van der Waals surface area contributed by atoms with Gasteiger partial charge in [0.1, 0.15) is 11.5 Å². The van der Waals surface area contributed by atoms with Crippen LogP contribution in [0.1, 0.15) is 42.9 Å². The average Bonchev–Trinajstić information content (AvgIpc) is 2.92. The standard InChI is InChI=1S/C16H25N3OS/c1-11-7-8-13(20-11)10-19(6)15-18-12(2)14(21-15)9-17-16(3,4)5/h7-8,17H,9-10H2,1-6H3. The molecular formula is C16H25N3OS. The summed E-state index contributed by atoms with van der Waals surface area (Å²) in [7, 11) is 2.05. The molecule has 21 heavy (non-hydrogen) atoms. The smallest absolute Gasteiger partial charge is 0.185 e. The molecule has 2 heterocycles. The number of nitrogens with one attached hydrogen (secondary N) is 1. The largest absolute Gasteiger partial charge is 0.464 e. The normalized spacial score (nSPS) is 11.9. The number of nitrogens with zero attached hydrogens (tertiary/aromatic N) is 2. The Bertz CT molecular complexity index is 595. The maximum absolute atomic E-state index is 5.63. The number of hydrogen-bond donors (Lipinski definition) is 1. The van der Waals surface area contributed by atoms with Crippen molar-refractivity contribution in [3.63, 3.8) is 0 Å². The Balaban J connectivity index is 2.03. The van der Waals surface area contributed by atoms with E-state index < -0.39 is 0 Å². The molecule has 0 amide bonds. The van der Waals surface area contributed by atoms with Crippen molar-refractivity contribution in [3.8, 4) is 0 Å². The van der Waals surface area contributed by atoms with Gasteiger partial charge in [-0.25, -0.2) is 4.98 Å². The van der Waals surface area contributed by atoms with E-state index in [0.717, 1.165) is 35.4 Å². The summed E-state index contributed by atoms with van der Waals surface area (Å²) in [6, 6.07) is 4.02. The molecule has 0 unspecified atom stereocenters. The number of thiazole rings is 1. The molecule has 0 aromatic carbocycles. The maximum atomic E-state index is 5.63. The molecule has 2 rings (SSSR count). The number of aromatic nitrogens is 1. The van der Waals surface area contributed by atoms with Gasteiger partial charge in [-0.15, -0.1) is 11.3 Å². The summed E-state index contributed by atoms with van der Waals surface area (Å²) in [5.41, 5.74) is 1.23. The van der Waals surface area contributed by atoms with Crippen LogP contribution in [0, 0.1) is 13.8 Å². The summed E-state index contributed by atoms with van der Waals surface area (Å²) in [5.74, 6) is 1.92. The van der Waals surface area contributed by atoms with Gasteiger partial charge in [-0.2, -0.15) is 0 Å². The highest BCUT2D eigenvalue weighted by molar-refractivity contribution is 7.15. The van der Waals surface area contributed by atoms with Gasteiger partial charge in [0.25, 0.3) is 0 Å². The van der Waals surface area contributed by atoms with Crippen LogP contribution in [0.15, 0.2) is 16.5 Å². The van der Waals surface area contributed by atoms with Gasteiger partial charge in [0, 0.05) is 24.0 Å². The quantitative estimate of drug-likeness (QED) is 0.910. The van der Waals surface area contributed by atoms with Gasteiger partial charge in [-0.3, -0.25) is 0 Å². The highest BCUT2D eigenvalue weighted by Gasteiger charge is 2.15. The molecule has 0 aliphatic heterocycles. The minimum atomic E-state index is 0.119. The fourth-order valence-electron chi connectivity index (χ4n) is 1.96. The first-order valence-electron chi connectivity index (χ1n) is 7.22. The summed E-state index contributed by atoms with van der Waals surface area (Å²) >= 11 is 1.74. The molecule has 0 saturated carbocycles. The van der Waals surface area contributed by atoms with E-state index in [9.17, 15) is 0 Å². The molecule has 0 aliphatic carbocycles. The Morgan fingerprint density at radius 3 is 2.57 bits per heavy atom. The first kappa shape index (κ1) is 16.0. The third kappa shape index (κ3) is 4.58. The van der Waals surface area contributed by atoms with Gasteiger partial charge in [-0.05, 0) is 46.8 Å². The summed E-state index contributed by atoms with van der Waals surface area (Å²) in [6.07, 6.45) is 0. The van der Waals surface area contributed by atoms with Crippen molar-refractivity contribution in [2.75, 3.05) is 11.9 Å². The number of furan rings is 1. The highest BCUT2D eigenvalue weighted by atomic mass is 32.1. The fourth-order valence-corrected chi connectivity index (χ4v) is 2.92. The van der Waals surface area contributed by atoms with E-state index >= 15 is 0 Å². The molecule has 0 radical (unpaired) electrons. The van der Waals surface area contributed by atoms with E-state index in [1.807, 2.05) is 19.1 Å². The first-order valence-corrected chi connectivity index (χ1v) is 8.04. The number of aryl methyl sites for hydroxylation is 2. The lowest BCUT2D eigenvalue weighted by atomic mass is 10.1. The van der Waals surface area contributed by atoms with Crippen molar-refractivity contribution >= 4 is 16.5 Å². The van der Waals surface area contributed by atoms with Crippen LogP contribution in [-0.2, 0) is 13.1 Å². The van der Waals surface area contributed by atoms with Crippen LogP contribution in [-0.4, -0.2) is 17.6 Å². The molecule has 2 aromatic heterocycles. The van der Waals surface area contributed by atoms with Crippen LogP contribution in [0.4, 0.5) is 5.13 Å². The van der Waals surface area contributed by atoms with E-state index in [1.165, 1.54) is 4.88 Å². The number of anilines is 1. The SMILES string of the molecule is Cc1ccc(CN(C)c2nc(C)c(CNC(C)(C)C)s2)o1. The van der Waals surface area contributed by atoms with Crippen LogP contribution in [0.2, 0.25) is 0 Å². The van der Waals surface area contributed by atoms with E-state index in [-0.39, 0.29) is 5.54 Å². The Morgan fingerprint density at radius 1 is 1.29 bits per heavy atom. The Hall–Kier alpha value is -1.33. The average molecular weight is 307 g/mol. The van der Waals surface area contributed by atoms with Crippen LogP contribution >= 0.6 is 11.3 Å². The van der Waals surface area contributed by atoms with E-state index in [4.69, 9.17) is 4.42 Å². The van der Waals surface area contributed by atoms with Crippen LogP contribution in [0.3, 0.4) is 0 Å². The second kappa shape index (κ2) is 6.20. The van der Waals surface area contributed by atoms with Gasteiger partial charge in [0.2, 0.25) is 0 Å². The second-order valence-electron chi connectivity index (χ2n) is 6.48. The molecule has 5 heteroatoms. The molecule has 0 aliphatic rings. The fraction of sp³-hybridized carbons (Fsp3) is 0.562. The van der Waals surface area contributed by atoms with Crippen molar-refractivity contribution in [1.82, 2.24) is 10.3 Å². The maximum Gasteiger partial charge on any atom is 0.185 e. The Kier molecular flexibility index (Phi) is 4.74. The Labute approximate surface area is 131 Å². The number of hydrogen-bond acceptors (Lipinski definition) is 5. The van der Waals surface area contributed by atoms with Gasteiger partial charge >= 0.3 is 0 Å². The minimum absolute atomic E-state index is 0.119. The lowest BCUT2D eigenvalue weighted by Crippen LogP contribution is -2.34. The van der Waals surface area contributed by atoms with E-state index in [1.54, 1.807) is 11.3 Å². The molecule has 0 saturated heterocycles. The van der Waals surface area contributed by atoms with Crippen molar-refractivity contribution in [2.24, 2.45) is 0 Å². The minimum Gasteiger partial charge on any atom is -0.464 e. The topological polar surface area (TPSA) is 41.3 Å². The molecule has 0 spiro atoms. The molecule has 0 atom stereocenters. The molecule has 4 nitrogen and oxygen atoms in total. The van der Waals surface area contributed by atoms with Crippen LogP contribution in [0.5, 0.6) is 0 Å². The summed E-state index contributed by atoms with van der Waals surface area (Å²) in [5, 5.41) is 4.55. The zero-order chi connectivity index (χ0) is 15.6. The highest BCUT2D eigenvalue weighted by Crippen LogP contribution is 2.27. The third-order valence-corrected chi connectivity index (χ3v) is 4.45. The zero-order valence-corrected chi connectivity index (χ0v) is 14.6. The summed E-state index contributed by atoms with van der Waals surface area (Å²) < 4.78 is 5.63. The zero-order valence-electron chi connectivity index (χ0n) is 13.8. The molecule has 116 valence electrons. The summed E-state index contributed by atoms with van der Waals surface area (Å²) in [6.45, 7) is 12.2. The van der Waals surface area contributed by atoms with Gasteiger partial charge in [0.05, 0.1) is 12.2 Å².